The number of ether oxygens (including phenoxy) is 3. The van der Waals surface area contributed by atoms with E-state index in [4.69, 9.17) is 14.2 Å². The van der Waals surface area contributed by atoms with Crippen molar-refractivity contribution >= 4 is 11.6 Å². The number of benzene rings is 1. The molecule has 0 saturated carbocycles. The first-order valence-corrected chi connectivity index (χ1v) is 6.88. The molecule has 0 unspecified atom stereocenters. The van der Waals surface area contributed by atoms with E-state index >= 15 is 0 Å². The molecule has 0 bridgehead atoms. The fraction of sp³-hybridized carbons (Fsp3) is 0.312. The van der Waals surface area contributed by atoms with E-state index in [1.807, 2.05) is 29.1 Å². The third-order valence-corrected chi connectivity index (χ3v) is 3.21. The van der Waals surface area contributed by atoms with Crippen LogP contribution >= 0.6 is 0 Å². The standard InChI is InChI=1S/C16H20N2O4/c1-20-13-10-12(11-14(21-2)16(13)22-3)17-15(19)6-9-18-7-4-5-8-18/h4-5,7-8,10-11H,6,9H2,1-3H3,(H,17,19). The lowest BCUT2D eigenvalue weighted by Crippen LogP contribution is -2.14. The number of nitrogens with zero attached hydrogens (tertiary/aromatic N) is 1. The molecule has 118 valence electrons. The molecule has 1 aromatic heterocycles. The highest BCUT2D eigenvalue weighted by molar-refractivity contribution is 5.91. The van der Waals surface area contributed by atoms with Crippen molar-refractivity contribution in [3.63, 3.8) is 0 Å². The Bertz CT molecular complexity index is 598. The molecule has 1 heterocycles. The van der Waals surface area contributed by atoms with E-state index in [9.17, 15) is 4.79 Å². The van der Waals surface area contributed by atoms with Gasteiger partial charge in [-0.05, 0) is 12.1 Å². The molecule has 22 heavy (non-hydrogen) atoms. The molecule has 0 fully saturated rings. The minimum atomic E-state index is -0.0806. The Hall–Kier alpha value is -2.63. The Balaban J connectivity index is 2.06. The van der Waals surface area contributed by atoms with Gasteiger partial charge in [-0.25, -0.2) is 0 Å². The third-order valence-electron chi connectivity index (χ3n) is 3.21. The zero-order valence-corrected chi connectivity index (χ0v) is 13.0. The second-order valence-corrected chi connectivity index (χ2v) is 4.63. The molecule has 2 aromatic rings. The van der Waals surface area contributed by atoms with Gasteiger partial charge in [0.2, 0.25) is 11.7 Å². The van der Waals surface area contributed by atoms with E-state index in [0.717, 1.165) is 0 Å². The van der Waals surface area contributed by atoms with Crippen LogP contribution in [0.4, 0.5) is 5.69 Å². The molecule has 1 N–H and O–H groups in total. The molecule has 0 saturated heterocycles. The van der Waals surface area contributed by atoms with Crippen molar-refractivity contribution in [2.45, 2.75) is 13.0 Å². The van der Waals surface area contributed by atoms with Crippen LogP contribution in [0.25, 0.3) is 0 Å². The number of carbonyl (C=O) groups excluding carboxylic acids is 1. The number of aromatic nitrogens is 1. The predicted octanol–water partition coefficient (Wildman–Crippen LogP) is 2.54. The van der Waals surface area contributed by atoms with Gasteiger partial charge in [-0.1, -0.05) is 0 Å². The van der Waals surface area contributed by atoms with E-state index in [-0.39, 0.29) is 5.91 Å². The normalized spacial score (nSPS) is 10.1. The molecule has 0 aliphatic heterocycles. The van der Waals surface area contributed by atoms with Crippen LogP contribution in [-0.4, -0.2) is 31.8 Å². The maximum absolute atomic E-state index is 12.0. The van der Waals surface area contributed by atoms with E-state index in [1.165, 1.54) is 21.3 Å². The molecule has 0 spiro atoms. The van der Waals surface area contributed by atoms with Gasteiger partial charge in [0.15, 0.2) is 11.5 Å². The van der Waals surface area contributed by atoms with E-state index in [0.29, 0.717) is 35.9 Å². The summed E-state index contributed by atoms with van der Waals surface area (Å²) in [5.74, 6) is 1.42. The van der Waals surface area contributed by atoms with Gasteiger partial charge >= 0.3 is 0 Å². The molecular weight excluding hydrogens is 284 g/mol. The minimum absolute atomic E-state index is 0.0806. The summed E-state index contributed by atoms with van der Waals surface area (Å²) in [7, 11) is 4.61. The molecule has 2 rings (SSSR count). The number of nitrogens with one attached hydrogen (secondary N) is 1. The number of anilines is 1. The quantitative estimate of drug-likeness (QED) is 0.854. The van der Waals surface area contributed by atoms with Gasteiger partial charge in [-0.3, -0.25) is 4.79 Å². The first-order valence-electron chi connectivity index (χ1n) is 6.88. The summed E-state index contributed by atoms with van der Waals surface area (Å²) in [6.07, 6.45) is 4.23. The number of amides is 1. The Kier molecular flexibility index (Phi) is 5.30. The summed E-state index contributed by atoms with van der Waals surface area (Å²) in [5, 5.41) is 2.84. The fourth-order valence-corrected chi connectivity index (χ4v) is 2.13. The lowest BCUT2D eigenvalue weighted by molar-refractivity contribution is -0.116. The van der Waals surface area contributed by atoms with Gasteiger partial charge in [0.25, 0.3) is 0 Å². The van der Waals surface area contributed by atoms with Crippen molar-refractivity contribution in [1.82, 2.24) is 4.57 Å². The Morgan fingerprint density at radius 2 is 1.64 bits per heavy atom. The number of hydrogen-bond donors (Lipinski definition) is 1. The molecule has 0 atom stereocenters. The fourth-order valence-electron chi connectivity index (χ4n) is 2.13. The Labute approximate surface area is 129 Å². The summed E-state index contributed by atoms with van der Waals surface area (Å²) < 4.78 is 17.7. The lowest BCUT2D eigenvalue weighted by atomic mass is 10.2. The van der Waals surface area contributed by atoms with Crippen molar-refractivity contribution in [2.24, 2.45) is 0 Å². The van der Waals surface area contributed by atoms with Crippen molar-refractivity contribution < 1.29 is 19.0 Å². The highest BCUT2D eigenvalue weighted by Gasteiger charge is 2.14. The van der Waals surface area contributed by atoms with Gasteiger partial charge in [0.05, 0.1) is 21.3 Å². The highest BCUT2D eigenvalue weighted by Crippen LogP contribution is 2.39. The minimum Gasteiger partial charge on any atom is -0.493 e. The molecule has 6 heteroatoms. The third kappa shape index (κ3) is 3.72. The van der Waals surface area contributed by atoms with Gasteiger partial charge in [-0.15, -0.1) is 0 Å². The largest absolute Gasteiger partial charge is 0.493 e. The van der Waals surface area contributed by atoms with Crippen LogP contribution in [0.5, 0.6) is 17.2 Å². The Morgan fingerprint density at radius 3 is 2.14 bits per heavy atom. The van der Waals surface area contributed by atoms with E-state index < -0.39 is 0 Å². The number of aryl methyl sites for hydroxylation is 1. The molecule has 6 nitrogen and oxygen atoms in total. The van der Waals surface area contributed by atoms with Crippen LogP contribution in [0.2, 0.25) is 0 Å². The number of hydrogen-bond acceptors (Lipinski definition) is 4. The molecule has 1 aromatic carbocycles. The monoisotopic (exact) mass is 304 g/mol. The average molecular weight is 304 g/mol. The highest BCUT2D eigenvalue weighted by atomic mass is 16.5. The van der Waals surface area contributed by atoms with Crippen LogP contribution in [0, 0.1) is 0 Å². The maximum Gasteiger partial charge on any atom is 0.226 e. The summed E-state index contributed by atoms with van der Waals surface area (Å²) in [6.45, 7) is 0.628. The molecule has 0 radical (unpaired) electrons. The van der Waals surface area contributed by atoms with Crippen LogP contribution < -0.4 is 19.5 Å². The second kappa shape index (κ2) is 7.40. The topological polar surface area (TPSA) is 61.7 Å². The van der Waals surface area contributed by atoms with Gasteiger partial charge in [0, 0.05) is 43.2 Å². The first-order chi connectivity index (χ1) is 10.7. The molecule has 1 amide bonds. The van der Waals surface area contributed by atoms with Gasteiger partial charge in [0.1, 0.15) is 0 Å². The second-order valence-electron chi connectivity index (χ2n) is 4.63. The summed E-state index contributed by atoms with van der Waals surface area (Å²) in [4.78, 5) is 12.0. The lowest BCUT2D eigenvalue weighted by Gasteiger charge is -2.14. The number of rotatable bonds is 7. The number of methoxy groups -OCH3 is 3. The van der Waals surface area contributed by atoms with Crippen molar-refractivity contribution in [2.75, 3.05) is 26.6 Å². The Morgan fingerprint density at radius 1 is 1.05 bits per heavy atom. The predicted molar refractivity (Wildman–Crippen MR) is 83.8 cm³/mol. The smallest absolute Gasteiger partial charge is 0.226 e. The van der Waals surface area contributed by atoms with Crippen molar-refractivity contribution in [1.29, 1.82) is 0 Å². The summed E-state index contributed by atoms with van der Waals surface area (Å²) >= 11 is 0. The van der Waals surface area contributed by atoms with Gasteiger partial charge < -0.3 is 24.1 Å². The van der Waals surface area contributed by atoms with Crippen molar-refractivity contribution in [3.8, 4) is 17.2 Å². The molecule has 0 aliphatic carbocycles. The van der Waals surface area contributed by atoms with Crippen LogP contribution in [-0.2, 0) is 11.3 Å². The van der Waals surface area contributed by atoms with Crippen LogP contribution in [0.15, 0.2) is 36.7 Å². The van der Waals surface area contributed by atoms with Crippen LogP contribution in [0.3, 0.4) is 0 Å². The zero-order valence-electron chi connectivity index (χ0n) is 13.0. The van der Waals surface area contributed by atoms with E-state index in [1.54, 1.807) is 12.1 Å². The average Bonchev–Trinajstić information content (AvgIpc) is 3.05. The first kappa shape index (κ1) is 15.8. The SMILES string of the molecule is COc1cc(NC(=O)CCn2cccc2)cc(OC)c1OC. The van der Waals surface area contributed by atoms with E-state index in [2.05, 4.69) is 5.32 Å². The molecular formula is C16H20N2O4. The summed E-state index contributed by atoms with van der Waals surface area (Å²) in [5.41, 5.74) is 0.604. The molecule has 0 aliphatic rings. The zero-order chi connectivity index (χ0) is 15.9. The van der Waals surface area contributed by atoms with Crippen molar-refractivity contribution in [3.05, 3.63) is 36.7 Å². The maximum atomic E-state index is 12.0. The van der Waals surface area contributed by atoms with Crippen LogP contribution in [0.1, 0.15) is 6.42 Å². The van der Waals surface area contributed by atoms with Gasteiger partial charge in [-0.2, -0.15) is 0 Å². The number of carbonyl (C=O) groups is 1. The summed E-state index contributed by atoms with van der Waals surface area (Å²) in [6, 6.07) is 7.26.